The molecule has 6 aliphatic rings. The van der Waals surface area contributed by atoms with Gasteiger partial charge in [-0.05, 0) is 119 Å². The molecule has 0 amide bonds. The van der Waals surface area contributed by atoms with Crippen LogP contribution in [0.25, 0.3) is 0 Å². The molecule has 6 saturated carbocycles. The van der Waals surface area contributed by atoms with E-state index in [1.807, 2.05) is 22.3 Å². The Balaban J connectivity index is 1.22. The lowest BCUT2D eigenvalue weighted by Crippen LogP contribution is -2.28. The van der Waals surface area contributed by atoms with E-state index in [4.69, 9.17) is 0 Å². The summed E-state index contributed by atoms with van der Waals surface area (Å²) in [4.78, 5) is 0. The van der Waals surface area contributed by atoms with E-state index < -0.39 is 0 Å². The Labute approximate surface area is 154 Å². The zero-order valence-electron chi connectivity index (χ0n) is 16.1. The standard InChI is InChI=1S/C25H36/c1-3-7-16(8-4-1)18-11-20-21(12-18)25-15-24(20)22-13-19(14-23(22)25)17-9-5-2-6-10-17/h20-25H,1-15H2. The number of rotatable bonds is 0. The molecule has 0 nitrogen and oxygen atoms in total. The molecular weight excluding hydrogens is 300 g/mol. The van der Waals surface area contributed by atoms with Crippen molar-refractivity contribution in [2.75, 3.05) is 0 Å². The Morgan fingerprint density at radius 1 is 0.360 bits per heavy atom. The highest BCUT2D eigenvalue weighted by atomic mass is 14.7. The van der Waals surface area contributed by atoms with Crippen molar-refractivity contribution < 1.29 is 0 Å². The summed E-state index contributed by atoms with van der Waals surface area (Å²) in [5.74, 6) is 6.72. The van der Waals surface area contributed by atoms with Gasteiger partial charge in [-0.1, -0.05) is 35.1 Å². The number of hydrogen-bond acceptors (Lipinski definition) is 0. The van der Waals surface area contributed by atoms with Gasteiger partial charge in [-0.25, -0.2) is 0 Å². The van der Waals surface area contributed by atoms with Gasteiger partial charge in [0.25, 0.3) is 0 Å². The minimum atomic E-state index is 1.12. The summed E-state index contributed by atoms with van der Waals surface area (Å²) in [6.07, 6.45) is 22.6. The van der Waals surface area contributed by atoms with E-state index in [0.29, 0.717) is 0 Å². The predicted molar refractivity (Wildman–Crippen MR) is 104 cm³/mol. The highest BCUT2D eigenvalue weighted by Gasteiger charge is 2.61. The third kappa shape index (κ3) is 2.38. The fraction of sp³-hybridized carbons (Fsp3) is 0.840. The Morgan fingerprint density at radius 2 is 0.720 bits per heavy atom. The zero-order chi connectivity index (χ0) is 16.4. The molecule has 0 aliphatic heterocycles. The second-order valence-corrected chi connectivity index (χ2v) is 10.6. The van der Waals surface area contributed by atoms with Crippen LogP contribution in [0.2, 0.25) is 0 Å². The highest BCUT2D eigenvalue weighted by molar-refractivity contribution is 5.29. The van der Waals surface area contributed by atoms with Gasteiger partial charge in [0, 0.05) is 0 Å². The molecule has 0 spiro atoms. The maximum atomic E-state index is 1.98. The summed E-state index contributed by atoms with van der Waals surface area (Å²) < 4.78 is 0. The first-order chi connectivity index (χ1) is 12.4. The second kappa shape index (κ2) is 6.00. The van der Waals surface area contributed by atoms with Crippen LogP contribution >= 0.6 is 0 Å². The smallest absolute Gasteiger partial charge is 0.0283 e. The average molecular weight is 337 g/mol. The minimum Gasteiger partial charge on any atom is -0.0710 e. The highest BCUT2D eigenvalue weighted by Crippen LogP contribution is 2.69. The van der Waals surface area contributed by atoms with E-state index in [-0.39, 0.29) is 0 Å². The lowest BCUT2D eigenvalue weighted by molar-refractivity contribution is 0.140. The molecule has 6 fully saturated rings. The molecule has 136 valence electrons. The van der Waals surface area contributed by atoms with Crippen LogP contribution in [-0.2, 0) is 0 Å². The molecule has 4 unspecified atom stereocenters. The fourth-order valence-corrected chi connectivity index (χ4v) is 8.68. The monoisotopic (exact) mass is 336 g/mol. The van der Waals surface area contributed by atoms with Crippen molar-refractivity contribution in [3.05, 3.63) is 22.3 Å². The van der Waals surface area contributed by atoms with E-state index in [1.54, 1.807) is 6.42 Å². The number of allylic oxidation sites excluding steroid dienone is 4. The van der Waals surface area contributed by atoms with Crippen LogP contribution in [0, 0.1) is 35.5 Å². The van der Waals surface area contributed by atoms with Crippen molar-refractivity contribution in [2.45, 2.75) is 96.3 Å². The summed E-state index contributed by atoms with van der Waals surface area (Å²) in [7, 11) is 0. The van der Waals surface area contributed by atoms with E-state index in [9.17, 15) is 0 Å². The maximum absolute atomic E-state index is 1.98. The topological polar surface area (TPSA) is 0 Å². The third-order valence-electron chi connectivity index (χ3n) is 9.69. The molecular formula is C25H36. The first-order valence-electron chi connectivity index (χ1n) is 11.8. The first-order valence-corrected chi connectivity index (χ1v) is 11.8. The maximum Gasteiger partial charge on any atom is -0.0283 e. The van der Waals surface area contributed by atoms with Crippen molar-refractivity contribution in [1.29, 1.82) is 0 Å². The van der Waals surface area contributed by atoms with Crippen molar-refractivity contribution in [3.8, 4) is 0 Å². The molecule has 2 bridgehead atoms. The van der Waals surface area contributed by atoms with Crippen LogP contribution in [0.15, 0.2) is 22.3 Å². The van der Waals surface area contributed by atoms with Gasteiger partial charge in [0.2, 0.25) is 0 Å². The van der Waals surface area contributed by atoms with Crippen LogP contribution in [0.3, 0.4) is 0 Å². The summed E-state index contributed by atoms with van der Waals surface area (Å²) in [6, 6.07) is 0. The summed E-state index contributed by atoms with van der Waals surface area (Å²) in [6.45, 7) is 0. The first kappa shape index (κ1) is 15.5. The van der Waals surface area contributed by atoms with Gasteiger partial charge in [0.05, 0.1) is 0 Å². The SMILES string of the molecule is C1CCC(=C2CC3C(C2)C2CC3C3CC(=C4CCCCC4)CC32)CC1. The molecule has 0 N–H and O–H groups in total. The molecule has 0 radical (unpaired) electrons. The predicted octanol–water partition coefficient (Wildman–Crippen LogP) is 7.21. The largest absolute Gasteiger partial charge is 0.0710 e. The van der Waals surface area contributed by atoms with Crippen LogP contribution in [0.5, 0.6) is 0 Å². The summed E-state index contributed by atoms with van der Waals surface area (Å²) in [5.41, 5.74) is 7.84. The van der Waals surface area contributed by atoms with E-state index in [2.05, 4.69) is 0 Å². The second-order valence-electron chi connectivity index (χ2n) is 10.6. The Hall–Kier alpha value is -0.520. The Bertz CT molecular complexity index is 522. The van der Waals surface area contributed by atoms with Gasteiger partial charge in [-0.2, -0.15) is 0 Å². The third-order valence-corrected chi connectivity index (χ3v) is 9.69. The quantitative estimate of drug-likeness (QED) is 0.410. The van der Waals surface area contributed by atoms with Gasteiger partial charge >= 0.3 is 0 Å². The van der Waals surface area contributed by atoms with E-state index >= 15 is 0 Å². The molecule has 0 saturated heterocycles. The molecule has 0 heterocycles. The van der Waals surface area contributed by atoms with Gasteiger partial charge < -0.3 is 0 Å². The van der Waals surface area contributed by atoms with Crippen molar-refractivity contribution in [3.63, 3.8) is 0 Å². The minimum absolute atomic E-state index is 1.12. The molecule has 4 atom stereocenters. The molecule has 6 rings (SSSR count). The lowest BCUT2D eigenvalue weighted by atomic mass is 9.71. The fourth-order valence-electron chi connectivity index (χ4n) is 8.68. The van der Waals surface area contributed by atoms with E-state index in [0.717, 1.165) is 35.5 Å². The van der Waals surface area contributed by atoms with Crippen LogP contribution < -0.4 is 0 Å². The molecule has 25 heavy (non-hydrogen) atoms. The number of hydrogen-bond donors (Lipinski definition) is 0. The molecule has 0 aromatic rings. The molecule has 6 aliphatic carbocycles. The van der Waals surface area contributed by atoms with E-state index in [1.165, 1.54) is 89.9 Å². The summed E-state index contributed by atoms with van der Waals surface area (Å²) in [5, 5.41) is 0. The van der Waals surface area contributed by atoms with Gasteiger partial charge in [-0.3, -0.25) is 0 Å². The van der Waals surface area contributed by atoms with Gasteiger partial charge in [0.15, 0.2) is 0 Å². The number of fused-ring (bicyclic) bond motifs is 8. The molecule has 0 aromatic carbocycles. The summed E-state index contributed by atoms with van der Waals surface area (Å²) >= 11 is 0. The Kier molecular flexibility index (Phi) is 3.73. The normalized spacial score (nSPS) is 46.1. The zero-order valence-corrected chi connectivity index (χ0v) is 16.1. The van der Waals surface area contributed by atoms with Crippen molar-refractivity contribution in [1.82, 2.24) is 0 Å². The molecule has 0 heteroatoms. The van der Waals surface area contributed by atoms with Crippen LogP contribution in [0.1, 0.15) is 96.3 Å². The molecule has 0 aromatic heterocycles. The van der Waals surface area contributed by atoms with Crippen molar-refractivity contribution in [2.24, 2.45) is 35.5 Å². The van der Waals surface area contributed by atoms with Crippen LogP contribution in [0.4, 0.5) is 0 Å². The van der Waals surface area contributed by atoms with Gasteiger partial charge in [-0.15, -0.1) is 0 Å². The van der Waals surface area contributed by atoms with Crippen molar-refractivity contribution >= 4 is 0 Å². The lowest BCUT2D eigenvalue weighted by Gasteiger charge is -2.33. The average Bonchev–Trinajstić information content (AvgIpc) is 3.40. The Morgan fingerprint density at radius 3 is 1.08 bits per heavy atom. The van der Waals surface area contributed by atoms with Crippen LogP contribution in [-0.4, -0.2) is 0 Å². The van der Waals surface area contributed by atoms with Gasteiger partial charge in [0.1, 0.15) is 0 Å².